The van der Waals surface area contributed by atoms with E-state index in [9.17, 15) is 0 Å². The summed E-state index contributed by atoms with van der Waals surface area (Å²) in [6.45, 7) is 6.70. The van der Waals surface area contributed by atoms with Gasteiger partial charge in [-0.3, -0.25) is 4.99 Å². The van der Waals surface area contributed by atoms with Crippen LogP contribution < -0.4 is 5.73 Å². The molecule has 0 saturated carbocycles. The van der Waals surface area contributed by atoms with E-state index in [0.717, 1.165) is 50.2 Å². The number of halogens is 2. The summed E-state index contributed by atoms with van der Waals surface area (Å²) in [6.07, 6.45) is 4.51. The molecule has 2 heterocycles. The molecule has 2 aliphatic heterocycles. The second-order valence-electron chi connectivity index (χ2n) is 7.27. The van der Waals surface area contributed by atoms with E-state index in [1.54, 1.807) is 0 Å². The number of aliphatic imine (C=N–C) groups is 1. The van der Waals surface area contributed by atoms with Crippen LogP contribution in [0.4, 0.5) is 0 Å². The Labute approximate surface area is 176 Å². The Bertz CT molecular complexity index is 573. The third kappa shape index (κ3) is 5.32. The van der Waals surface area contributed by atoms with Crippen LogP contribution in [0, 0.1) is 5.92 Å². The molecule has 2 aliphatic rings. The number of likely N-dealkylation sites (tertiary alicyclic amines) is 1. The molecule has 0 radical (unpaired) electrons. The third-order valence-corrected chi connectivity index (χ3v) is 5.96. The van der Waals surface area contributed by atoms with E-state index >= 15 is 0 Å². The zero-order chi connectivity index (χ0) is 17.0. The average Bonchev–Trinajstić information content (AvgIpc) is 2.61. The van der Waals surface area contributed by atoms with Gasteiger partial charge in [0.05, 0.1) is 6.54 Å². The lowest BCUT2D eigenvalue weighted by Gasteiger charge is -2.37. The normalized spacial score (nSPS) is 23.8. The van der Waals surface area contributed by atoms with Crippen molar-refractivity contribution in [1.82, 2.24) is 4.90 Å². The molecular formula is C19H29BrIN3O. The Hall–Kier alpha value is -0.340. The first kappa shape index (κ1) is 21.0. The molecule has 2 saturated heterocycles. The van der Waals surface area contributed by atoms with E-state index in [4.69, 9.17) is 15.5 Å². The minimum atomic E-state index is 0. The van der Waals surface area contributed by atoms with Crippen molar-refractivity contribution < 1.29 is 4.74 Å². The third-order valence-electron chi connectivity index (χ3n) is 5.43. The lowest BCUT2D eigenvalue weighted by Crippen LogP contribution is -2.45. The molecule has 1 aromatic rings. The molecule has 2 fully saturated rings. The van der Waals surface area contributed by atoms with E-state index in [1.807, 2.05) is 0 Å². The molecule has 2 N–H and O–H groups in total. The van der Waals surface area contributed by atoms with Crippen LogP contribution in [0.1, 0.15) is 38.2 Å². The highest BCUT2D eigenvalue weighted by molar-refractivity contribution is 14.0. The maximum Gasteiger partial charge on any atom is 0.191 e. The van der Waals surface area contributed by atoms with Crippen LogP contribution in [0.25, 0.3) is 0 Å². The maximum absolute atomic E-state index is 6.33. The van der Waals surface area contributed by atoms with E-state index in [0.29, 0.717) is 11.9 Å². The first-order valence-electron chi connectivity index (χ1n) is 8.98. The fraction of sp³-hybridized carbons (Fsp3) is 0.632. The van der Waals surface area contributed by atoms with E-state index in [-0.39, 0.29) is 29.4 Å². The predicted octanol–water partition coefficient (Wildman–Crippen LogP) is 4.16. The molecule has 25 heavy (non-hydrogen) atoms. The molecule has 0 amide bonds. The second kappa shape index (κ2) is 9.55. The van der Waals surface area contributed by atoms with E-state index < -0.39 is 0 Å². The van der Waals surface area contributed by atoms with Crippen LogP contribution >= 0.6 is 39.9 Å². The van der Waals surface area contributed by atoms with Gasteiger partial charge in [-0.15, -0.1) is 24.0 Å². The summed E-state index contributed by atoms with van der Waals surface area (Å²) in [4.78, 5) is 7.08. The molecule has 1 atom stereocenters. The van der Waals surface area contributed by atoms with Gasteiger partial charge in [0.15, 0.2) is 5.96 Å². The quantitative estimate of drug-likeness (QED) is 0.369. The Kier molecular flexibility index (Phi) is 8.01. The van der Waals surface area contributed by atoms with E-state index in [1.165, 1.54) is 18.4 Å². The number of rotatable bonds is 3. The van der Waals surface area contributed by atoms with Crippen molar-refractivity contribution in [3.63, 3.8) is 0 Å². The summed E-state index contributed by atoms with van der Waals surface area (Å²) in [5.41, 5.74) is 7.72. The van der Waals surface area contributed by atoms with Gasteiger partial charge in [0.2, 0.25) is 0 Å². The van der Waals surface area contributed by atoms with Crippen molar-refractivity contribution in [2.45, 2.75) is 38.0 Å². The van der Waals surface area contributed by atoms with Crippen molar-refractivity contribution in [2.24, 2.45) is 16.6 Å². The van der Waals surface area contributed by atoms with Crippen LogP contribution in [0.5, 0.6) is 0 Å². The maximum atomic E-state index is 6.33. The fourth-order valence-electron chi connectivity index (χ4n) is 3.83. The van der Waals surface area contributed by atoms with E-state index in [2.05, 4.69) is 52.0 Å². The van der Waals surface area contributed by atoms with Crippen LogP contribution in [0.2, 0.25) is 0 Å². The van der Waals surface area contributed by atoms with Gasteiger partial charge in [-0.1, -0.05) is 35.0 Å². The Morgan fingerprint density at radius 3 is 2.64 bits per heavy atom. The van der Waals surface area contributed by atoms with Gasteiger partial charge in [-0.2, -0.15) is 0 Å². The molecule has 1 aromatic carbocycles. The average molecular weight is 522 g/mol. The second-order valence-corrected chi connectivity index (χ2v) is 8.18. The van der Waals surface area contributed by atoms with Crippen molar-refractivity contribution in [2.75, 3.05) is 32.8 Å². The molecule has 3 rings (SSSR count). The smallest absolute Gasteiger partial charge is 0.191 e. The first-order valence-corrected chi connectivity index (χ1v) is 9.77. The molecule has 0 aliphatic carbocycles. The Morgan fingerprint density at radius 2 is 2.00 bits per heavy atom. The lowest BCUT2D eigenvalue weighted by molar-refractivity contribution is 0.0530. The van der Waals surface area contributed by atoms with Gasteiger partial charge in [0.1, 0.15) is 0 Å². The minimum Gasteiger partial charge on any atom is -0.381 e. The highest BCUT2D eigenvalue weighted by atomic mass is 127. The van der Waals surface area contributed by atoms with Gasteiger partial charge >= 0.3 is 0 Å². The monoisotopic (exact) mass is 521 g/mol. The number of nitrogens with zero attached hydrogens (tertiary/aromatic N) is 2. The largest absolute Gasteiger partial charge is 0.381 e. The zero-order valence-corrected chi connectivity index (χ0v) is 18.8. The van der Waals surface area contributed by atoms with Crippen molar-refractivity contribution in [3.8, 4) is 0 Å². The van der Waals surface area contributed by atoms with Crippen molar-refractivity contribution in [1.29, 1.82) is 0 Å². The summed E-state index contributed by atoms with van der Waals surface area (Å²) in [5, 5.41) is 0. The standard InChI is InChI=1S/C19H28BrN3O.HI/c1-15-3-2-10-23(13-15)18(21)22-14-19(8-11-24-12-9-19)16-4-6-17(20)7-5-16;/h4-7,15H,2-3,8-14H2,1H3,(H2,21,22);1H. The molecule has 1 unspecified atom stereocenters. The Balaban J connectivity index is 0.00000225. The minimum absolute atomic E-state index is 0. The van der Waals surface area contributed by atoms with Gasteiger partial charge in [0, 0.05) is 36.2 Å². The topological polar surface area (TPSA) is 50.8 Å². The number of benzene rings is 1. The molecule has 4 nitrogen and oxygen atoms in total. The van der Waals surface area contributed by atoms with Gasteiger partial charge in [-0.25, -0.2) is 0 Å². The molecule has 0 bridgehead atoms. The van der Waals surface area contributed by atoms with Crippen LogP contribution in [-0.2, 0) is 10.2 Å². The Morgan fingerprint density at radius 1 is 1.32 bits per heavy atom. The van der Waals surface area contributed by atoms with Gasteiger partial charge < -0.3 is 15.4 Å². The summed E-state index contributed by atoms with van der Waals surface area (Å²) in [6, 6.07) is 8.66. The SMILES string of the molecule is CC1CCCN(C(N)=NCC2(c3ccc(Br)cc3)CCOCC2)C1.I. The van der Waals surface area contributed by atoms with Gasteiger partial charge in [0.25, 0.3) is 0 Å². The number of piperidine rings is 1. The summed E-state index contributed by atoms with van der Waals surface area (Å²) in [5.74, 6) is 1.42. The summed E-state index contributed by atoms with van der Waals surface area (Å²) < 4.78 is 6.72. The number of guanidine groups is 1. The number of hydrogen-bond donors (Lipinski definition) is 1. The van der Waals surface area contributed by atoms with Crippen molar-refractivity contribution in [3.05, 3.63) is 34.3 Å². The zero-order valence-electron chi connectivity index (χ0n) is 14.9. The summed E-state index contributed by atoms with van der Waals surface area (Å²) >= 11 is 3.53. The molecule has 140 valence electrons. The number of nitrogens with two attached hydrogens (primary N) is 1. The van der Waals surface area contributed by atoms with Crippen LogP contribution in [0.15, 0.2) is 33.7 Å². The molecule has 6 heteroatoms. The van der Waals surface area contributed by atoms with Crippen LogP contribution in [-0.4, -0.2) is 43.7 Å². The van der Waals surface area contributed by atoms with Gasteiger partial charge in [-0.05, 0) is 49.3 Å². The highest BCUT2D eigenvalue weighted by Crippen LogP contribution is 2.36. The summed E-state index contributed by atoms with van der Waals surface area (Å²) in [7, 11) is 0. The lowest BCUT2D eigenvalue weighted by atomic mass is 9.74. The molecular weight excluding hydrogens is 493 g/mol. The first-order chi connectivity index (χ1) is 11.6. The highest BCUT2D eigenvalue weighted by Gasteiger charge is 2.34. The predicted molar refractivity (Wildman–Crippen MR) is 118 cm³/mol. The number of ether oxygens (including phenoxy) is 1. The van der Waals surface area contributed by atoms with Crippen LogP contribution in [0.3, 0.4) is 0 Å². The number of hydrogen-bond acceptors (Lipinski definition) is 2. The molecule has 0 aromatic heterocycles. The molecule has 0 spiro atoms. The van der Waals surface area contributed by atoms with Crippen molar-refractivity contribution >= 4 is 45.9 Å². The fourth-order valence-corrected chi connectivity index (χ4v) is 4.10.